The summed E-state index contributed by atoms with van der Waals surface area (Å²) in [7, 11) is -4.07. The fraction of sp³-hybridized carbons (Fsp3) is 0.605. The van der Waals surface area contributed by atoms with Gasteiger partial charge >= 0.3 is 12.3 Å². The molecule has 0 spiro atoms. The second-order valence-corrected chi connectivity index (χ2v) is 18.3. The minimum atomic E-state index is -5.09. The van der Waals surface area contributed by atoms with Gasteiger partial charge in [0.2, 0.25) is 33.6 Å². The standard InChI is InChI=1S/C38H45ClF5N5O9S/c1-19-7-4-5-8-22-16-37(22,35(52)47-59(55,56)24-11-12-24)46-32(50)28-14-23(58-33-25-9-6-10-27(39)26(25)15-30(45-33)57-18-29(40)41)17-48(28)34(51)31(20(2)13-19)49(36(53)54)21(3)38(42,43)44/h5-6,8-10,15,19-24,28-29,31H,4,7,11-14,16-18H2,1-3H3,(H,46,50)(H,47,52)(H,53,54)/t19-,20-,21-,22-,23-,28+,31+,37-/m1/s1. The third-order valence-electron chi connectivity index (χ3n) is 11.4. The number of pyridine rings is 1. The average molecular weight is 878 g/mol. The number of carboxylic acid groups (broad SMARTS) is 1. The summed E-state index contributed by atoms with van der Waals surface area (Å²) >= 11 is 6.41. The summed E-state index contributed by atoms with van der Waals surface area (Å²) in [5.74, 6) is -5.52. The molecule has 8 atom stereocenters. The van der Waals surface area contributed by atoms with Gasteiger partial charge in [0.15, 0.2) is 6.61 Å². The van der Waals surface area contributed by atoms with Crippen molar-refractivity contribution < 1.29 is 64.1 Å². The lowest BCUT2D eigenvalue weighted by molar-refractivity contribution is -0.184. The fourth-order valence-electron chi connectivity index (χ4n) is 8.01. The molecule has 324 valence electrons. The molecule has 4 amide bonds. The number of fused-ring (bicyclic) bond motifs is 3. The van der Waals surface area contributed by atoms with Gasteiger partial charge < -0.3 is 24.8 Å². The first kappa shape index (κ1) is 44.1. The number of aromatic nitrogens is 1. The third-order valence-corrected chi connectivity index (χ3v) is 13.5. The maximum Gasteiger partial charge on any atom is 0.408 e. The van der Waals surface area contributed by atoms with Crippen LogP contribution < -0.4 is 19.5 Å². The van der Waals surface area contributed by atoms with Crippen LogP contribution in [0.1, 0.15) is 65.7 Å². The number of nitrogens with zero attached hydrogens (tertiary/aromatic N) is 3. The highest BCUT2D eigenvalue weighted by Crippen LogP contribution is 2.46. The molecular weight excluding hydrogens is 833 g/mol. The molecule has 2 aromatic rings. The topological polar surface area (TPSA) is 185 Å². The lowest BCUT2D eigenvalue weighted by atomic mass is 9.86. The number of allylic oxidation sites excluding steroid dienone is 1. The number of rotatable bonds is 10. The number of carbonyl (C=O) groups is 4. The zero-order valence-corrected chi connectivity index (χ0v) is 33.8. The maximum atomic E-state index is 14.9. The van der Waals surface area contributed by atoms with Crippen molar-refractivity contribution in [3.63, 3.8) is 0 Å². The molecule has 2 aliphatic heterocycles. The molecule has 3 heterocycles. The Bertz CT molecular complexity index is 2110. The summed E-state index contributed by atoms with van der Waals surface area (Å²) in [4.78, 5) is 61.0. The number of carbonyl (C=O) groups excluding carboxylic acids is 3. The molecule has 2 aliphatic carbocycles. The Balaban J connectivity index is 1.42. The van der Waals surface area contributed by atoms with Crippen molar-refractivity contribution in [3.05, 3.63) is 41.4 Å². The van der Waals surface area contributed by atoms with Gasteiger partial charge in [-0.25, -0.2) is 22.0 Å². The van der Waals surface area contributed by atoms with Crippen LogP contribution >= 0.6 is 11.6 Å². The molecule has 3 fully saturated rings. The molecule has 1 aromatic carbocycles. The number of halogens is 6. The van der Waals surface area contributed by atoms with Gasteiger partial charge in [0.25, 0.3) is 12.3 Å². The molecule has 0 unspecified atom stereocenters. The number of amides is 4. The predicted octanol–water partition coefficient (Wildman–Crippen LogP) is 5.68. The normalized spacial score (nSPS) is 28.5. The van der Waals surface area contributed by atoms with Gasteiger partial charge in [0.05, 0.1) is 11.8 Å². The van der Waals surface area contributed by atoms with E-state index in [0.717, 1.165) is 4.90 Å². The molecule has 59 heavy (non-hydrogen) atoms. The summed E-state index contributed by atoms with van der Waals surface area (Å²) in [6, 6.07) is -0.273. The number of alkyl halides is 5. The number of nitrogens with one attached hydrogen (secondary N) is 2. The van der Waals surface area contributed by atoms with Crippen LogP contribution in [-0.2, 0) is 24.4 Å². The van der Waals surface area contributed by atoms with Crippen LogP contribution in [0, 0.1) is 17.8 Å². The number of ether oxygens (including phenoxy) is 2. The molecule has 1 aromatic heterocycles. The summed E-state index contributed by atoms with van der Waals surface area (Å²) in [6.45, 7) is 2.35. The van der Waals surface area contributed by atoms with Gasteiger partial charge in [-0.15, -0.1) is 0 Å². The smallest absolute Gasteiger partial charge is 0.408 e. The Hall–Kier alpha value is -4.46. The monoisotopic (exact) mass is 877 g/mol. The summed E-state index contributed by atoms with van der Waals surface area (Å²) in [5.41, 5.74) is -1.77. The Morgan fingerprint density at radius 1 is 1.15 bits per heavy atom. The molecule has 1 saturated heterocycles. The maximum absolute atomic E-state index is 14.9. The Kier molecular flexibility index (Phi) is 12.6. The highest BCUT2D eigenvalue weighted by Gasteiger charge is 2.62. The van der Waals surface area contributed by atoms with Crippen molar-refractivity contribution >= 4 is 56.2 Å². The van der Waals surface area contributed by atoms with E-state index in [9.17, 15) is 54.7 Å². The van der Waals surface area contributed by atoms with Crippen LogP contribution in [-0.4, -0.2) is 113 Å². The van der Waals surface area contributed by atoms with Gasteiger partial charge in [-0.2, -0.15) is 18.2 Å². The number of hydrogen-bond acceptors (Lipinski definition) is 9. The molecule has 0 bridgehead atoms. The van der Waals surface area contributed by atoms with Crippen LogP contribution in [0.4, 0.5) is 26.7 Å². The van der Waals surface area contributed by atoms with E-state index < -0.39 is 106 Å². The van der Waals surface area contributed by atoms with Crippen molar-refractivity contribution in [1.29, 1.82) is 0 Å². The SMILES string of the molecule is C[C@@H]1CCC=C[C@@H]2C[C@@]2(C(=O)NS(=O)(=O)C2CC2)NC(=O)[C@@H]2C[C@@H](Oc3nc(OCC(F)F)cc4c(Cl)cccc34)CN2C(=O)[C@@H](N(C(=O)O)[C@H](C)C(F)(F)F)[C@H](C)C1. The Morgan fingerprint density at radius 2 is 1.86 bits per heavy atom. The van der Waals surface area contributed by atoms with Crippen LogP contribution in [0.3, 0.4) is 0 Å². The van der Waals surface area contributed by atoms with E-state index >= 15 is 0 Å². The second-order valence-electron chi connectivity index (χ2n) is 15.9. The minimum absolute atomic E-state index is 0.00493. The first-order valence-corrected chi connectivity index (χ1v) is 21.2. The van der Waals surface area contributed by atoms with E-state index in [-0.39, 0.29) is 57.6 Å². The first-order valence-electron chi connectivity index (χ1n) is 19.2. The Morgan fingerprint density at radius 3 is 2.51 bits per heavy atom. The van der Waals surface area contributed by atoms with E-state index in [1.54, 1.807) is 31.2 Å². The zero-order chi connectivity index (χ0) is 43.2. The highest BCUT2D eigenvalue weighted by molar-refractivity contribution is 7.91. The third kappa shape index (κ3) is 9.63. The average Bonchev–Trinajstić information content (AvgIpc) is 4.07. The summed E-state index contributed by atoms with van der Waals surface area (Å²) < 4.78 is 108. The van der Waals surface area contributed by atoms with Crippen LogP contribution in [0.2, 0.25) is 5.02 Å². The quantitative estimate of drug-likeness (QED) is 0.198. The molecular formula is C38H45ClF5N5O9S. The van der Waals surface area contributed by atoms with Gasteiger partial charge in [-0.1, -0.05) is 43.7 Å². The number of benzene rings is 1. The summed E-state index contributed by atoms with van der Waals surface area (Å²) in [6.07, 6.45) is -6.40. The van der Waals surface area contributed by atoms with Crippen molar-refractivity contribution in [2.24, 2.45) is 17.8 Å². The lowest BCUT2D eigenvalue weighted by Crippen LogP contribution is -2.62. The predicted molar refractivity (Wildman–Crippen MR) is 202 cm³/mol. The van der Waals surface area contributed by atoms with Crippen molar-refractivity contribution in [2.75, 3.05) is 13.2 Å². The lowest BCUT2D eigenvalue weighted by Gasteiger charge is -2.40. The molecule has 21 heteroatoms. The number of sulfonamides is 1. The van der Waals surface area contributed by atoms with Crippen LogP contribution in [0.25, 0.3) is 10.8 Å². The van der Waals surface area contributed by atoms with Crippen LogP contribution in [0.5, 0.6) is 11.8 Å². The molecule has 4 aliphatic rings. The Labute approximate surface area is 341 Å². The van der Waals surface area contributed by atoms with E-state index in [1.165, 1.54) is 19.1 Å². The molecule has 2 saturated carbocycles. The van der Waals surface area contributed by atoms with E-state index in [1.807, 2.05) is 0 Å². The van der Waals surface area contributed by atoms with Crippen molar-refractivity contribution in [3.8, 4) is 11.8 Å². The van der Waals surface area contributed by atoms with Gasteiger partial charge in [-0.3, -0.25) is 24.0 Å². The van der Waals surface area contributed by atoms with Gasteiger partial charge in [0, 0.05) is 34.2 Å². The second kappa shape index (κ2) is 16.9. The first-order chi connectivity index (χ1) is 27.6. The van der Waals surface area contributed by atoms with E-state index in [0.29, 0.717) is 32.6 Å². The van der Waals surface area contributed by atoms with Crippen molar-refractivity contribution in [1.82, 2.24) is 24.8 Å². The number of hydrogen-bond donors (Lipinski definition) is 3. The molecule has 0 radical (unpaired) electrons. The minimum Gasteiger partial charge on any atom is -0.472 e. The highest BCUT2D eigenvalue weighted by atomic mass is 35.5. The van der Waals surface area contributed by atoms with Crippen molar-refractivity contribution in [2.45, 2.75) is 113 Å². The molecule has 3 N–H and O–H groups in total. The molecule has 6 rings (SSSR count). The van der Waals surface area contributed by atoms with Gasteiger partial charge in [0.1, 0.15) is 29.8 Å². The van der Waals surface area contributed by atoms with E-state index in [2.05, 4.69) is 15.0 Å². The summed E-state index contributed by atoms with van der Waals surface area (Å²) in [5, 5.41) is 12.9. The van der Waals surface area contributed by atoms with Gasteiger partial charge in [-0.05, 0) is 69.4 Å². The van der Waals surface area contributed by atoms with Crippen LogP contribution in [0.15, 0.2) is 36.4 Å². The zero-order valence-electron chi connectivity index (χ0n) is 32.3. The fourth-order valence-corrected chi connectivity index (χ4v) is 9.60. The van der Waals surface area contributed by atoms with E-state index in [4.69, 9.17) is 21.1 Å². The largest absolute Gasteiger partial charge is 0.472 e. The molecule has 14 nitrogen and oxygen atoms in total.